The van der Waals surface area contributed by atoms with E-state index in [4.69, 9.17) is 19.4 Å². The Labute approximate surface area is 341 Å². The van der Waals surface area contributed by atoms with Gasteiger partial charge in [0.25, 0.3) is 0 Å². The maximum atomic E-state index is 6.92. The summed E-state index contributed by atoms with van der Waals surface area (Å²) in [5.41, 5.74) is 13.7. The Bertz CT molecular complexity index is 3240. The lowest BCUT2D eigenvalue weighted by Gasteiger charge is -2.11. The second-order valence-electron chi connectivity index (χ2n) is 14.7. The van der Waals surface area contributed by atoms with Crippen LogP contribution in [-0.2, 0) is 0 Å². The highest BCUT2D eigenvalue weighted by atomic mass is 16.3. The van der Waals surface area contributed by atoms with Gasteiger partial charge >= 0.3 is 0 Å². The normalized spacial score (nSPS) is 11.4. The first-order chi connectivity index (χ1) is 29.2. The smallest absolute Gasteiger partial charge is 0.164 e. The number of hydrogen-bond acceptors (Lipinski definition) is 4. The van der Waals surface area contributed by atoms with Crippen LogP contribution in [-0.4, -0.2) is 15.0 Å². The fourth-order valence-corrected chi connectivity index (χ4v) is 8.27. The van der Waals surface area contributed by atoms with Crippen molar-refractivity contribution in [2.24, 2.45) is 0 Å². The number of furan rings is 1. The molecule has 0 unspecified atom stereocenters. The Morgan fingerprint density at radius 1 is 0.237 bits per heavy atom. The molecule has 0 aliphatic carbocycles. The van der Waals surface area contributed by atoms with Crippen molar-refractivity contribution in [3.8, 4) is 78.7 Å². The van der Waals surface area contributed by atoms with Crippen LogP contribution in [0.1, 0.15) is 0 Å². The largest absolute Gasteiger partial charge is 0.455 e. The molecule has 2 aromatic heterocycles. The molecule has 0 fully saturated rings. The van der Waals surface area contributed by atoms with Gasteiger partial charge in [-0.25, -0.2) is 15.0 Å². The predicted octanol–water partition coefficient (Wildman–Crippen LogP) is 14.6. The van der Waals surface area contributed by atoms with Gasteiger partial charge in [0.1, 0.15) is 11.2 Å². The highest BCUT2D eigenvalue weighted by molar-refractivity contribution is 6.21. The third-order valence-electron chi connectivity index (χ3n) is 11.2. The highest BCUT2D eigenvalue weighted by Crippen LogP contribution is 2.44. The van der Waals surface area contributed by atoms with Gasteiger partial charge in [-0.15, -0.1) is 0 Å². The average Bonchev–Trinajstić information content (AvgIpc) is 3.71. The third kappa shape index (κ3) is 6.24. The first-order valence-electron chi connectivity index (χ1n) is 19.9. The molecule has 0 N–H and O–H groups in total. The van der Waals surface area contributed by atoms with Gasteiger partial charge < -0.3 is 4.42 Å². The second-order valence-corrected chi connectivity index (χ2v) is 14.7. The van der Waals surface area contributed by atoms with Crippen LogP contribution in [0.2, 0.25) is 0 Å². The molecule has 0 amide bonds. The summed E-state index contributed by atoms with van der Waals surface area (Å²) >= 11 is 0. The van der Waals surface area contributed by atoms with Crippen LogP contribution < -0.4 is 0 Å². The molecule has 2 heterocycles. The molecule has 276 valence electrons. The molecule has 0 spiro atoms. The Morgan fingerprint density at radius 2 is 0.678 bits per heavy atom. The molecule has 0 saturated carbocycles. The van der Waals surface area contributed by atoms with Crippen molar-refractivity contribution in [2.45, 2.75) is 0 Å². The molecule has 9 aromatic carbocycles. The topological polar surface area (TPSA) is 51.8 Å². The SMILES string of the molecule is c1ccc(-c2nc(-c3ccccc3)nc(-c3ccc(-c4cccc(-c5cc6c7cccc(-c8ccccc8-c8ccccc8)c7oc6c6ccccc56)c4)cc3)n2)cc1. The van der Waals surface area contributed by atoms with E-state index in [2.05, 4.69) is 152 Å². The number of nitrogens with zero attached hydrogens (tertiary/aromatic N) is 3. The number of aromatic nitrogens is 3. The van der Waals surface area contributed by atoms with E-state index >= 15 is 0 Å². The summed E-state index contributed by atoms with van der Waals surface area (Å²) < 4.78 is 6.92. The molecule has 11 rings (SSSR count). The maximum Gasteiger partial charge on any atom is 0.164 e. The third-order valence-corrected chi connectivity index (χ3v) is 11.2. The van der Waals surface area contributed by atoms with Gasteiger partial charge in [-0.1, -0.05) is 200 Å². The van der Waals surface area contributed by atoms with Crippen LogP contribution >= 0.6 is 0 Å². The lowest BCUT2D eigenvalue weighted by Crippen LogP contribution is -2.00. The zero-order valence-corrected chi connectivity index (χ0v) is 32.0. The van der Waals surface area contributed by atoms with Gasteiger partial charge in [0.05, 0.1) is 0 Å². The van der Waals surface area contributed by atoms with Gasteiger partial charge in [0.2, 0.25) is 0 Å². The van der Waals surface area contributed by atoms with Crippen LogP contribution in [0, 0.1) is 0 Å². The molecular weight excluding hydrogens is 719 g/mol. The molecule has 0 saturated heterocycles. The Morgan fingerprint density at radius 3 is 1.34 bits per heavy atom. The van der Waals surface area contributed by atoms with E-state index in [1.54, 1.807) is 0 Å². The van der Waals surface area contributed by atoms with Gasteiger partial charge in [-0.2, -0.15) is 0 Å². The summed E-state index contributed by atoms with van der Waals surface area (Å²) in [4.78, 5) is 14.7. The molecule has 11 aromatic rings. The van der Waals surface area contributed by atoms with Crippen LogP contribution in [0.5, 0.6) is 0 Å². The number of hydrogen-bond donors (Lipinski definition) is 0. The minimum absolute atomic E-state index is 0.636. The van der Waals surface area contributed by atoms with Gasteiger partial charge in [0.15, 0.2) is 17.5 Å². The molecule has 59 heavy (non-hydrogen) atoms. The number of benzene rings is 9. The summed E-state index contributed by atoms with van der Waals surface area (Å²) in [6.45, 7) is 0. The van der Waals surface area contributed by atoms with E-state index in [1.807, 2.05) is 60.7 Å². The highest BCUT2D eigenvalue weighted by Gasteiger charge is 2.19. The minimum atomic E-state index is 0.636. The zero-order chi connectivity index (χ0) is 39.1. The van der Waals surface area contributed by atoms with Crippen molar-refractivity contribution < 1.29 is 4.42 Å². The second kappa shape index (κ2) is 14.5. The minimum Gasteiger partial charge on any atom is -0.455 e. The molecule has 0 aliphatic heterocycles. The van der Waals surface area contributed by atoms with Crippen molar-refractivity contribution in [3.63, 3.8) is 0 Å². The summed E-state index contributed by atoms with van der Waals surface area (Å²) in [7, 11) is 0. The molecular formula is C55H35N3O. The average molecular weight is 754 g/mol. The summed E-state index contributed by atoms with van der Waals surface area (Å²) in [5, 5.41) is 4.44. The Hall–Kier alpha value is -7.95. The first kappa shape index (κ1) is 34.3. The summed E-state index contributed by atoms with van der Waals surface area (Å²) in [6, 6.07) is 74.0. The van der Waals surface area contributed by atoms with E-state index < -0.39 is 0 Å². The van der Waals surface area contributed by atoms with Gasteiger partial charge in [-0.3, -0.25) is 0 Å². The first-order valence-corrected chi connectivity index (χ1v) is 19.9. The van der Waals surface area contributed by atoms with Crippen molar-refractivity contribution in [3.05, 3.63) is 212 Å². The number of rotatable bonds is 7. The Kier molecular flexibility index (Phi) is 8.45. The van der Waals surface area contributed by atoms with E-state index in [-0.39, 0.29) is 0 Å². The molecule has 0 aliphatic rings. The molecule has 4 heteroatoms. The predicted molar refractivity (Wildman–Crippen MR) is 243 cm³/mol. The van der Waals surface area contributed by atoms with Gasteiger partial charge in [0, 0.05) is 38.4 Å². The van der Waals surface area contributed by atoms with Gasteiger partial charge in [-0.05, 0) is 56.5 Å². The molecule has 0 bridgehead atoms. The quantitative estimate of drug-likeness (QED) is 0.163. The van der Waals surface area contributed by atoms with Crippen LogP contribution in [0.15, 0.2) is 217 Å². The maximum absolute atomic E-state index is 6.92. The van der Waals surface area contributed by atoms with Crippen molar-refractivity contribution in [2.75, 3.05) is 0 Å². The monoisotopic (exact) mass is 753 g/mol. The molecule has 0 radical (unpaired) electrons. The molecule has 4 nitrogen and oxygen atoms in total. The lowest BCUT2D eigenvalue weighted by atomic mass is 9.92. The van der Waals surface area contributed by atoms with Crippen LogP contribution in [0.25, 0.3) is 111 Å². The summed E-state index contributed by atoms with van der Waals surface area (Å²) in [6.07, 6.45) is 0. The fourth-order valence-electron chi connectivity index (χ4n) is 8.27. The van der Waals surface area contributed by atoms with Crippen molar-refractivity contribution in [1.82, 2.24) is 15.0 Å². The van der Waals surface area contributed by atoms with Crippen LogP contribution in [0.4, 0.5) is 0 Å². The van der Waals surface area contributed by atoms with E-state index in [9.17, 15) is 0 Å². The van der Waals surface area contributed by atoms with Crippen molar-refractivity contribution in [1.29, 1.82) is 0 Å². The Balaban J connectivity index is 0.995. The number of fused-ring (bicyclic) bond motifs is 5. The van der Waals surface area contributed by atoms with E-state index in [0.717, 1.165) is 82.8 Å². The standard InChI is InChI=1S/C55H35N3O/c1-4-16-37(17-5-1)43-24-10-11-25-44(43)47-28-15-29-48-50-35-49(45-26-12-13-27-46(45)52(50)59-51(47)48)42-23-14-22-41(34-42)36-30-32-40(33-31-36)55-57-53(38-18-6-2-7-19-38)56-54(58-55)39-20-8-3-9-21-39/h1-35H. The zero-order valence-electron chi connectivity index (χ0n) is 32.0. The number of para-hydroxylation sites is 1. The summed E-state index contributed by atoms with van der Waals surface area (Å²) in [5.74, 6) is 1.93. The van der Waals surface area contributed by atoms with Crippen molar-refractivity contribution >= 4 is 32.7 Å². The fraction of sp³-hybridized carbons (Fsp3) is 0. The van der Waals surface area contributed by atoms with E-state index in [1.165, 1.54) is 11.1 Å². The lowest BCUT2D eigenvalue weighted by molar-refractivity contribution is 0.674. The van der Waals surface area contributed by atoms with Crippen LogP contribution in [0.3, 0.4) is 0 Å². The molecule has 0 atom stereocenters. The van der Waals surface area contributed by atoms with E-state index in [0.29, 0.717) is 17.5 Å².